The number of nitrogens with zero attached hydrogens (tertiary/aromatic N) is 3. The van der Waals surface area contributed by atoms with Crippen LogP contribution in [-0.2, 0) is 0 Å². The van der Waals surface area contributed by atoms with Crippen LogP contribution >= 0.6 is 0 Å². The van der Waals surface area contributed by atoms with Crippen LogP contribution in [0.5, 0.6) is 11.5 Å². The molecule has 0 spiro atoms. The van der Waals surface area contributed by atoms with Gasteiger partial charge in [0.25, 0.3) is 5.69 Å². The highest BCUT2D eigenvalue weighted by molar-refractivity contribution is 5.94. The Morgan fingerprint density at radius 2 is 1.76 bits per heavy atom. The predicted octanol–water partition coefficient (Wildman–Crippen LogP) is 5.19. The van der Waals surface area contributed by atoms with E-state index in [9.17, 15) is 20.3 Å². The lowest BCUT2D eigenvalue weighted by Crippen LogP contribution is -1.86. The maximum absolute atomic E-state index is 10.8. The van der Waals surface area contributed by atoms with Crippen LogP contribution in [0.4, 0.5) is 17.1 Å². The molecule has 0 heterocycles. The highest BCUT2D eigenvalue weighted by Crippen LogP contribution is 2.40. The van der Waals surface area contributed by atoms with Crippen LogP contribution in [0.15, 0.2) is 52.7 Å². The zero-order valence-corrected chi connectivity index (χ0v) is 13.6. The molecule has 3 aromatic rings. The molecule has 0 saturated carbocycles. The second-order valence-electron chi connectivity index (χ2n) is 5.75. The molecule has 25 heavy (non-hydrogen) atoms. The number of fused-ring (bicyclic) bond motifs is 1. The van der Waals surface area contributed by atoms with Crippen molar-refractivity contribution in [1.29, 1.82) is 0 Å². The molecule has 0 radical (unpaired) electrons. The Balaban J connectivity index is 2.10. The van der Waals surface area contributed by atoms with Crippen LogP contribution in [0, 0.1) is 24.0 Å². The monoisotopic (exact) mass is 337 g/mol. The van der Waals surface area contributed by atoms with E-state index >= 15 is 0 Å². The van der Waals surface area contributed by atoms with Gasteiger partial charge in [0.1, 0.15) is 17.1 Å². The number of benzene rings is 3. The molecular weight excluding hydrogens is 322 g/mol. The second kappa shape index (κ2) is 6.20. The summed E-state index contributed by atoms with van der Waals surface area (Å²) in [4.78, 5) is 10.3. The number of phenols is 2. The van der Waals surface area contributed by atoms with Crippen molar-refractivity contribution in [3.63, 3.8) is 0 Å². The summed E-state index contributed by atoms with van der Waals surface area (Å²) in [5.41, 5.74) is 1.69. The largest absolute Gasteiger partial charge is 0.506 e. The molecule has 0 fully saturated rings. The molecule has 126 valence electrons. The fourth-order valence-corrected chi connectivity index (χ4v) is 2.55. The number of aromatic hydroxyl groups is 2. The minimum atomic E-state index is -0.583. The average Bonchev–Trinajstić information content (AvgIpc) is 2.56. The van der Waals surface area contributed by atoms with Crippen molar-refractivity contribution in [2.45, 2.75) is 13.8 Å². The van der Waals surface area contributed by atoms with Gasteiger partial charge in [0.15, 0.2) is 5.75 Å². The Kier molecular flexibility index (Phi) is 4.06. The number of nitro groups is 1. The van der Waals surface area contributed by atoms with E-state index in [1.807, 2.05) is 31.2 Å². The molecule has 0 bridgehead atoms. The summed E-state index contributed by atoms with van der Waals surface area (Å²) in [6.07, 6.45) is 0. The fraction of sp³-hybridized carbons (Fsp3) is 0.111. The number of hydrogen-bond donors (Lipinski definition) is 2. The van der Waals surface area contributed by atoms with Gasteiger partial charge in [-0.05, 0) is 43.0 Å². The molecule has 0 amide bonds. The van der Waals surface area contributed by atoms with E-state index < -0.39 is 4.92 Å². The molecule has 0 unspecified atom stereocenters. The first kappa shape index (κ1) is 16.4. The molecule has 0 atom stereocenters. The molecule has 0 aromatic heterocycles. The number of azo groups is 1. The van der Waals surface area contributed by atoms with E-state index in [-0.39, 0.29) is 28.6 Å². The van der Waals surface area contributed by atoms with E-state index in [0.29, 0.717) is 10.9 Å². The normalized spacial score (nSPS) is 11.3. The van der Waals surface area contributed by atoms with E-state index in [2.05, 4.69) is 10.2 Å². The van der Waals surface area contributed by atoms with Crippen molar-refractivity contribution < 1.29 is 15.1 Å². The molecule has 3 aromatic carbocycles. The van der Waals surface area contributed by atoms with Crippen LogP contribution in [0.2, 0.25) is 0 Å². The predicted molar refractivity (Wildman–Crippen MR) is 94.0 cm³/mol. The topological polar surface area (TPSA) is 108 Å². The van der Waals surface area contributed by atoms with Gasteiger partial charge in [0.2, 0.25) is 0 Å². The van der Waals surface area contributed by atoms with Gasteiger partial charge in [-0.15, -0.1) is 10.2 Å². The van der Waals surface area contributed by atoms with Gasteiger partial charge < -0.3 is 10.2 Å². The Morgan fingerprint density at radius 3 is 2.48 bits per heavy atom. The van der Waals surface area contributed by atoms with Crippen LogP contribution in [0.3, 0.4) is 0 Å². The van der Waals surface area contributed by atoms with E-state index in [1.165, 1.54) is 12.1 Å². The first-order valence-corrected chi connectivity index (χ1v) is 7.49. The number of phenolic OH excluding ortho intramolecular Hbond substituents is 2. The first-order valence-electron chi connectivity index (χ1n) is 7.49. The zero-order valence-electron chi connectivity index (χ0n) is 13.6. The molecule has 2 N–H and O–H groups in total. The number of rotatable bonds is 3. The average molecular weight is 337 g/mol. The molecule has 7 heteroatoms. The Morgan fingerprint density at radius 1 is 1.00 bits per heavy atom. The van der Waals surface area contributed by atoms with Gasteiger partial charge >= 0.3 is 0 Å². The van der Waals surface area contributed by atoms with Gasteiger partial charge in [0, 0.05) is 17.5 Å². The number of non-ortho nitro benzene ring substituents is 1. The summed E-state index contributed by atoms with van der Waals surface area (Å²) in [5.74, 6) is -0.254. The minimum Gasteiger partial charge on any atom is -0.506 e. The number of hydrogen-bond acceptors (Lipinski definition) is 6. The summed E-state index contributed by atoms with van der Waals surface area (Å²) in [6.45, 7) is 3.70. The van der Waals surface area contributed by atoms with Gasteiger partial charge in [-0.3, -0.25) is 10.1 Å². The number of aryl methyl sites for hydroxylation is 2. The van der Waals surface area contributed by atoms with Crippen LogP contribution in [-0.4, -0.2) is 15.1 Å². The van der Waals surface area contributed by atoms with Crippen LogP contribution < -0.4 is 0 Å². The highest BCUT2D eigenvalue weighted by atomic mass is 16.6. The fourth-order valence-electron chi connectivity index (χ4n) is 2.55. The summed E-state index contributed by atoms with van der Waals surface area (Å²) in [6, 6.07) is 11.0. The van der Waals surface area contributed by atoms with Crippen molar-refractivity contribution in [3.05, 3.63) is 63.7 Å². The van der Waals surface area contributed by atoms with E-state index in [4.69, 9.17) is 0 Å². The van der Waals surface area contributed by atoms with E-state index in [0.717, 1.165) is 17.0 Å². The van der Waals surface area contributed by atoms with Crippen molar-refractivity contribution in [2.75, 3.05) is 0 Å². The lowest BCUT2D eigenvalue weighted by molar-refractivity contribution is -0.384. The highest BCUT2D eigenvalue weighted by Gasteiger charge is 2.13. The standard InChI is InChI=1S/C18H15N3O4/c1-10-3-4-12-8-11(2)17(18(23)14(12)7-10)20-19-15-9-13(21(24)25)5-6-16(15)22/h3-9,22-23H,1-2H3. The quantitative estimate of drug-likeness (QED) is 0.389. The molecule has 0 aliphatic carbocycles. The first-order chi connectivity index (χ1) is 11.9. The minimum absolute atomic E-state index is 0.0210. The summed E-state index contributed by atoms with van der Waals surface area (Å²) < 4.78 is 0. The zero-order chi connectivity index (χ0) is 18.1. The summed E-state index contributed by atoms with van der Waals surface area (Å²) >= 11 is 0. The third-order valence-electron chi connectivity index (χ3n) is 3.86. The van der Waals surface area contributed by atoms with Gasteiger partial charge in [-0.25, -0.2) is 0 Å². The Hall–Kier alpha value is -3.48. The molecule has 7 nitrogen and oxygen atoms in total. The van der Waals surface area contributed by atoms with Crippen molar-refractivity contribution in [2.24, 2.45) is 10.2 Å². The van der Waals surface area contributed by atoms with Gasteiger partial charge in [-0.1, -0.05) is 17.7 Å². The summed E-state index contributed by atoms with van der Waals surface area (Å²) in [7, 11) is 0. The summed E-state index contributed by atoms with van der Waals surface area (Å²) in [5, 5.41) is 40.6. The van der Waals surface area contributed by atoms with Crippen molar-refractivity contribution >= 4 is 27.8 Å². The molecule has 3 rings (SSSR count). The third kappa shape index (κ3) is 3.12. The van der Waals surface area contributed by atoms with Crippen LogP contribution in [0.1, 0.15) is 11.1 Å². The van der Waals surface area contributed by atoms with Crippen molar-refractivity contribution in [3.8, 4) is 11.5 Å². The lowest BCUT2D eigenvalue weighted by Gasteiger charge is -2.08. The molecule has 0 aliphatic rings. The molecule has 0 aliphatic heterocycles. The third-order valence-corrected chi connectivity index (χ3v) is 3.86. The van der Waals surface area contributed by atoms with Crippen molar-refractivity contribution in [1.82, 2.24) is 0 Å². The Bertz CT molecular complexity index is 1030. The van der Waals surface area contributed by atoms with Crippen LogP contribution in [0.25, 0.3) is 10.8 Å². The van der Waals surface area contributed by atoms with Gasteiger partial charge in [0.05, 0.1) is 4.92 Å². The maximum Gasteiger partial charge on any atom is 0.271 e. The SMILES string of the molecule is Cc1ccc2cc(C)c(N=Nc3cc([N+](=O)[O-])ccc3O)c(O)c2c1. The van der Waals surface area contributed by atoms with Gasteiger partial charge in [-0.2, -0.15) is 0 Å². The smallest absolute Gasteiger partial charge is 0.271 e. The lowest BCUT2D eigenvalue weighted by atomic mass is 10.0. The molecule has 0 saturated heterocycles. The second-order valence-corrected chi connectivity index (χ2v) is 5.75. The maximum atomic E-state index is 10.8. The Labute approximate surface area is 143 Å². The number of nitro benzene ring substituents is 1. The molecular formula is C18H15N3O4. The van der Waals surface area contributed by atoms with E-state index in [1.54, 1.807) is 6.92 Å².